The van der Waals surface area contributed by atoms with E-state index in [0.717, 1.165) is 18.2 Å². The highest BCUT2D eigenvalue weighted by Gasteiger charge is 2.37. The van der Waals surface area contributed by atoms with Gasteiger partial charge in [-0.05, 0) is 37.5 Å². The molecule has 0 aliphatic heterocycles. The van der Waals surface area contributed by atoms with Crippen molar-refractivity contribution in [3.8, 4) is 0 Å². The lowest BCUT2D eigenvalue weighted by Gasteiger charge is -2.41. The van der Waals surface area contributed by atoms with E-state index in [9.17, 15) is 4.79 Å². The molecule has 0 bridgehead atoms. The average Bonchev–Trinajstić information content (AvgIpc) is 2.23. The molecule has 1 saturated carbocycles. The molecule has 0 radical (unpaired) electrons. The summed E-state index contributed by atoms with van der Waals surface area (Å²) in [6.07, 6.45) is 3.27. The molecule has 0 atom stereocenters. The van der Waals surface area contributed by atoms with Gasteiger partial charge in [-0.2, -0.15) is 0 Å². The second-order valence-electron chi connectivity index (χ2n) is 4.23. The SMILES string of the molecule is O=C(NC1(CBr)CCC1)c1cccc(Cl)c1. The third-order valence-corrected chi connectivity index (χ3v) is 4.34. The van der Waals surface area contributed by atoms with Crippen LogP contribution < -0.4 is 5.32 Å². The Kier molecular flexibility index (Phi) is 3.55. The van der Waals surface area contributed by atoms with E-state index in [4.69, 9.17) is 11.6 Å². The maximum atomic E-state index is 12.0. The van der Waals surface area contributed by atoms with Crippen molar-refractivity contribution in [1.82, 2.24) is 5.32 Å². The zero-order valence-corrected chi connectivity index (χ0v) is 11.1. The molecule has 1 aliphatic rings. The molecule has 2 rings (SSSR count). The van der Waals surface area contributed by atoms with Crippen LogP contribution in [-0.2, 0) is 0 Å². The largest absolute Gasteiger partial charge is 0.346 e. The van der Waals surface area contributed by atoms with Crippen molar-refractivity contribution in [3.63, 3.8) is 0 Å². The zero-order chi connectivity index (χ0) is 11.6. The van der Waals surface area contributed by atoms with E-state index in [0.29, 0.717) is 10.6 Å². The topological polar surface area (TPSA) is 29.1 Å². The number of amides is 1. The monoisotopic (exact) mass is 301 g/mol. The fourth-order valence-electron chi connectivity index (χ4n) is 1.84. The van der Waals surface area contributed by atoms with Crippen molar-refractivity contribution in [1.29, 1.82) is 0 Å². The maximum Gasteiger partial charge on any atom is 0.251 e. The first-order valence-electron chi connectivity index (χ1n) is 5.29. The highest BCUT2D eigenvalue weighted by Crippen LogP contribution is 2.33. The van der Waals surface area contributed by atoms with Crippen LogP contribution in [0.5, 0.6) is 0 Å². The Labute approximate surface area is 108 Å². The molecule has 1 aromatic carbocycles. The first-order chi connectivity index (χ1) is 7.65. The Morgan fingerprint density at radius 3 is 2.75 bits per heavy atom. The van der Waals surface area contributed by atoms with Crippen LogP contribution in [0.15, 0.2) is 24.3 Å². The Morgan fingerprint density at radius 1 is 1.50 bits per heavy atom. The predicted molar refractivity (Wildman–Crippen MR) is 69.3 cm³/mol. The van der Waals surface area contributed by atoms with Gasteiger partial charge in [-0.25, -0.2) is 0 Å². The van der Waals surface area contributed by atoms with E-state index >= 15 is 0 Å². The summed E-state index contributed by atoms with van der Waals surface area (Å²) in [5, 5.41) is 4.48. The fourth-order valence-corrected chi connectivity index (χ4v) is 2.73. The van der Waals surface area contributed by atoms with Crippen molar-refractivity contribution < 1.29 is 4.79 Å². The zero-order valence-electron chi connectivity index (χ0n) is 8.80. The molecule has 16 heavy (non-hydrogen) atoms. The van der Waals surface area contributed by atoms with Crippen LogP contribution in [0.25, 0.3) is 0 Å². The summed E-state index contributed by atoms with van der Waals surface area (Å²) in [6.45, 7) is 0. The number of alkyl halides is 1. The van der Waals surface area contributed by atoms with Gasteiger partial charge in [0.25, 0.3) is 5.91 Å². The summed E-state index contributed by atoms with van der Waals surface area (Å²) in [6, 6.07) is 7.03. The van der Waals surface area contributed by atoms with Crippen LogP contribution in [0.2, 0.25) is 5.02 Å². The van der Waals surface area contributed by atoms with E-state index in [-0.39, 0.29) is 11.4 Å². The second kappa shape index (κ2) is 4.76. The second-order valence-corrected chi connectivity index (χ2v) is 5.23. The summed E-state index contributed by atoms with van der Waals surface area (Å²) >= 11 is 9.31. The minimum Gasteiger partial charge on any atom is -0.346 e. The van der Waals surface area contributed by atoms with E-state index in [2.05, 4.69) is 21.2 Å². The Morgan fingerprint density at radius 2 is 2.25 bits per heavy atom. The summed E-state index contributed by atoms with van der Waals surface area (Å²) in [5.74, 6) is -0.0401. The lowest BCUT2D eigenvalue weighted by molar-refractivity contribution is 0.0856. The number of rotatable bonds is 3. The van der Waals surface area contributed by atoms with Gasteiger partial charge in [0.2, 0.25) is 0 Å². The number of nitrogens with one attached hydrogen (secondary N) is 1. The number of hydrogen-bond donors (Lipinski definition) is 1. The lowest BCUT2D eigenvalue weighted by atomic mass is 9.78. The summed E-state index contributed by atoms with van der Waals surface area (Å²) < 4.78 is 0. The first-order valence-corrected chi connectivity index (χ1v) is 6.79. The van der Waals surface area contributed by atoms with Crippen molar-refractivity contribution in [2.75, 3.05) is 5.33 Å². The molecule has 1 aromatic rings. The van der Waals surface area contributed by atoms with Crippen LogP contribution >= 0.6 is 27.5 Å². The number of carbonyl (C=O) groups is 1. The van der Waals surface area contributed by atoms with Crippen LogP contribution in [-0.4, -0.2) is 16.8 Å². The Balaban J connectivity index is 2.08. The van der Waals surface area contributed by atoms with Crippen molar-refractivity contribution >= 4 is 33.4 Å². The number of carbonyl (C=O) groups excluding carboxylic acids is 1. The van der Waals surface area contributed by atoms with E-state index < -0.39 is 0 Å². The molecule has 86 valence electrons. The van der Waals surface area contributed by atoms with Crippen molar-refractivity contribution in [3.05, 3.63) is 34.9 Å². The number of benzene rings is 1. The first kappa shape index (κ1) is 11.9. The molecule has 0 aromatic heterocycles. The van der Waals surface area contributed by atoms with Gasteiger partial charge in [0.15, 0.2) is 0 Å². The maximum absolute atomic E-state index is 12.0. The smallest absolute Gasteiger partial charge is 0.251 e. The summed E-state index contributed by atoms with van der Waals surface area (Å²) in [5.41, 5.74) is 0.582. The third kappa shape index (κ3) is 2.41. The molecule has 0 saturated heterocycles. The van der Waals surface area contributed by atoms with Gasteiger partial charge in [0, 0.05) is 15.9 Å². The van der Waals surface area contributed by atoms with Crippen molar-refractivity contribution in [2.45, 2.75) is 24.8 Å². The Hall–Kier alpha value is -0.540. The molecule has 1 amide bonds. The summed E-state index contributed by atoms with van der Waals surface area (Å²) in [4.78, 5) is 12.0. The van der Waals surface area contributed by atoms with Gasteiger partial charge >= 0.3 is 0 Å². The molecular weight excluding hydrogens is 289 g/mol. The van der Waals surface area contributed by atoms with Gasteiger partial charge in [-0.1, -0.05) is 33.6 Å². The van der Waals surface area contributed by atoms with Crippen LogP contribution in [0.1, 0.15) is 29.6 Å². The fraction of sp³-hybridized carbons (Fsp3) is 0.417. The average molecular weight is 303 g/mol. The van der Waals surface area contributed by atoms with Gasteiger partial charge in [0.05, 0.1) is 5.54 Å². The van der Waals surface area contributed by atoms with Crippen LogP contribution in [0.3, 0.4) is 0 Å². The standard InChI is InChI=1S/C12H13BrClNO/c13-8-12(5-2-6-12)15-11(16)9-3-1-4-10(14)7-9/h1,3-4,7H,2,5-6,8H2,(H,15,16). The van der Waals surface area contributed by atoms with Gasteiger partial charge < -0.3 is 5.32 Å². The van der Waals surface area contributed by atoms with E-state index in [1.165, 1.54) is 6.42 Å². The molecule has 0 unspecified atom stereocenters. The molecular formula is C12H13BrClNO. The summed E-state index contributed by atoms with van der Waals surface area (Å²) in [7, 11) is 0. The van der Waals surface area contributed by atoms with Crippen LogP contribution in [0, 0.1) is 0 Å². The van der Waals surface area contributed by atoms with Gasteiger partial charge in [-0.15, -0.1) is 0 Å². The molecule has 1 N–H and O–H groups in total. The molecule has 1 aliphatic carbocycles. The number of hydrogen-bond acceptors (Lipinski definition) is 1. The van der Waals surface area contributed by atoms with Gasteiger partial charge in [0.1, 0.15) is 0 Å². The minimum absolute atomic E-state index is 0.0401. The van der Waals surface area contributed by atoms with E-state index in [1.54, 1.807) is 24.3 Å². The molecule has 1 fully saturated rings. The molecule has 4 heteroatoms. The van der Waals surface area contributed by atoms with Crippen LogP contribution in [0.4, 0.5) is 0 Å². The normalized spacial score (nSPS) is 17.6. The van der Waals surface area contributed by atoms with Gasteiger partial charge in [-0.3, -0.25) is 4.79 Å². The lowest BCUT2D eigenvalue weighted by Crippen LogP contribution is -2.54. The molecule has 2 nitrogen and oxygen atoms in total. The predicted octanol–water partition coefficient (Wildman–Crippen LogP) is 3.39. The van der Waals surface area contributed by atoms with E-state index in [1.807, 2.05) is 0 Å². The Bertz CT molecular complexity index is 398. The number of halogens is 2. The highest BCUT2D eigenvalue weighted by atomic mass is 79.9. The van der Waals surface area contributed by atoms with Crippen molar-refractivity contribution in [2.24, 2.45) is 0 Å². The quantitative estimate of drug-likeness (QED) is 0.852. The third-order valence-electron chi connectivity index (χ3n) is 3.03. The minimum atomic E-state index is -0.0423. The highest BCUT2D eigenvalue weighted by molar-refractivity contribution is 9.09. The molecule has 0 spiro atoms. The molecule has 0 heterocycles.